The molecule has 1 N–H and O–H groups in total. The van der Waals surface area contributed by atoms with Gasteiger partial charge in [-0.25, -0.2) is 0 Å². The van der Waals surface area contributed by atoms with Gasteiger partial charge in [-0.1, -0.05) is 37.8 Å². The largest absolute Gasteiger partial charge is 0.497 e. The summed E-state index contributed by atoms with van der Waals surface area (Å²) in [5.41, 5.74) is 1.40. The predicted octanol–water partition coefficient (Wildman–Crippen LogP) is 4.19. The lowest BCUT2D eigenvalue weighted by molar-refractivity contribution is 0.144. The van der Waals surface area contributed by atoms with E-state index >= 15 is 0 Å². The van der Waals surface area contributed by atoms with Gasteiger partial charge in [-0.2, -0.15) is 0 Å². The Bertz CT molecular complexity index is 428. The summed E-state index contributed by atoms with van der Waals surface area (Å²) in [6, 6.07) is 9.24. The first kappa shape index (κ1) is 14.9. The van der Waals surface area contributed by atoms with Gasteiger partial charge in [0.15, 0.2) is 0 Å². The van der Waals surface area contributed by atoms with Gasteiger partial charge < -0.3 is 10.1 Å². The van der Waals surface area contributed by atoms with E-state index in [1.54, 1.807) is 7.11 Å². The number of ether oxygens (including phenoxy) is 1. The lowest BCUT2D eigenvalue weighted by Crippen LogP contribution is -2.39. The van der Waals surface area contributed by atoms with Gasteiger partial charge in [-0.05, 0) is 61.8 Å². The van der Waals surface area contributed by atoms with Crippen LogP contribution >= 0.6 is 0 Å². The summed E-state index contributed by atoms with van der Waals surface area (Å²) in [4.78, 5) is 0. The summed E-state index contributed by atoms with van der Waals surface area (Å²) >= 11 is 0. The third-order valence-corrected chi connectivity index (χ3v) is 5.55. The van der Waals surface area contributed by atoms with Crippen molar-refractivity contribution in [3.63, 3.8) is 0 Å². The first-order valence-electron chi connectivity index (χ1n) is 8.71. The number of benzene rings is 1. The average Bonchev–Trinajstić information content (AvgIpc) is 2.55. The van der Waals surface area contributed by atoms with Crippen molar-refractivity contribution in [1.29, 1.82) is 0 Å². The zero-order valence-electron chi connectivity index (χ0n) is 13.3. The second-order valence-electron chi connectivity index (χ2n) is 6.87. The van der Waals surface area contributed by atoms with E-state index in [1.807, 2.05) is 0 Å². The summed E-state index contributed by atoms with van der Waals surface area (Å²) in [5.74, 6) is 3.02. The highest BCUT2D eigenvalue weighted by Gasteiger charge is 2.31. The Kier molecular flexibility index (Phi) is 5.18. The van der Waals surface area contributed by atoms with E-state index in [0.29, 0.717) is 0 Å². The van der Waals surface area contributed by atoms with E-state index in [2.05, 4.69) is 29.6 Å². The van der Waals surface area contributed by atoms with Crippen LogP contribution in [0.4, 0.5) is 0 Å². The summed E-state index contributed by atoms with van der Waals surface area (Å²) in [6.07, 6.45) is 11.3. The molecule has 2 fully saturated rings. The Labute approximate surface area is 129 Å². The van der Waals surface area contributed by atoms with Crippen LogP contribution in [0.15, 0.2) is 24.3 Å². The molecule has 116 valence electrons. The second kappa shape index (κ2) is 7.31. The van der Waals surface area contributed by atoms with Crippen molar-refractivity contribution in [2.45, 2.75) is 57.4 Å². The minimum absolute atomic E-state index is 0.766. The molecule has 2 saturated carbocycles. The van der Waals surface area contributed by atoms with Crippen molar-refractivity contribution in [2.75, 3.05) is 13.7 Å². The first-order chi connectivity index (χ1) is 10.3. The number of fused-ring (bicyclic) bond motifs is 1. The van der Waals surface area contributed by atoms with Crippen molar-refractivity contribution < 1.29 is 4.74 Å². The maximum atomic E-state index is 5.20. The monoisotopic (exact) mass is 287 g/mol. The van der Waals surface area contributed by atoms with Crippen molar-refractivity contribution in [3.8, 4) is 5.75 Å². The fraction of sp³-hybridized carbons (Fsp3) is 0.684. The van der Waals surface area contributed by atoms with Crippen LogP contribution in [0.5, 0.6) is 5.75 Å². The van der Waals surface area contributed by atoms with Crippen molar-refractivity contribution in [3.05, 3.63) is 29.8 Å². The van der Waals surface area contributed by atoms with Gasteiger partial charge in [0.2, 0.25) is 0 Å². The van der Waals surface area contributed by atoms with Gasteiger partial charge in [0.1, 0.15) is 5.75 Å². The van der Waals surface area contributed by atoms with Crippen LogP contribution in [-0.4, -0.2) is 19.7 Å². The van der Waals surface area contributed by atoms with Crippen molar-refractivity contribution in [2.24, 2.45) is 11.8 Å². The van der Waals surface area contributed by atoms with Crippen LogP contribution in [0.3, 0.4) is 0 Å². The molecule has 3 atom stereocenters. The Morgan fingerprint density at radius 1 is 1.00 bits per heavy atom. The SMILES string of the molecule is COc1ccc(CCNC2CCC3CCCCC3C2)cc1. The summed E-state index contributed by atoms with van der Waals surface area (Å²) in [5, 5.41) is 3.80. The van der Waals surface area contributed by atoms with Crippen LogP contribution in [0, 0.1) is 11.8 Å². The molecule has 0 aliphatic heterocycles. The van der Waals surface area contributed by atoms with E-state index < -0.39 is 0 Å². The van der Waals surface area contributed by atoms with E-state index in [4.69, 9.17) is 4.74 Å². The normalized spacial score (nSPS) is 28.9. The molecule has 21 heavy (non-hydrogen) atoms. The molecule has 2 aliphatic rings. The maximum absolute atomic E-state index is 5.20. The standard InChI is InChI=1S/C19H29NO/c1-21-19-10-6-15(7-11-19)12-13-20-18-9-8-16-4-2-3-5-17(16)14-18/h6-7,10-11,16-18,20H,2-5,8-9,12-14H2,1H3. The van der Waals surface area contributed by atoms with Crippen LogP contribution in [0.2, 0.25) is 0 Å². The molecule has 0 bridgehead atoms. The van der Waals surface area contributed by atoms with Gasteiger partial charge >= 0.3 is 0 Å². The molecule has 2 nitrogen and oxygen atoms in total. The van der Waals surface area contributed by atoms with Crippen molar-refractivity contribution >= 4 is 0 Å². The average molecular weight is 287 g/mol. The maximum Gasteiger partial charge on any atom is 0.118 e. The Balaban J connectivity index is 1.40. The molecular weight excluding hydrogens is 258 g/mol. The highest BCUT2D eigenvalue weighted by molar-refractivity contribution is 5.27. The van der Waals surface area contributed by atoms with Gasteiger partial charge in [0.05, 0.1) is 7.11 Å². The highest BCUT2D eigenvalue weighted by atomic mass is 16.5. The predicted molar refractivity (Wildman–Crippen MR) is 87.8 cm³/mol. The lowest BCUT2D eigenvalue weighted by atomic mass is 9.69. The second-order valence-corrected chi connectivity index (χ2v) is 6.87. The summed E-state index contributed by atoms with van der Waals surface area (Å²) in [7, 11) is 1.72. The number of nitrogens with one attached hydrogen (secondary N) is 1. The number of hydrogen-bond donors (Lipinski definition) is 1. The van der Waals surface area contributed by atoms with E-state index in [-0.39, 0.29) is 0 Å². The van der Waals surface area contributed by atoms with Gasteiger partial charge in [0.25, 0.3) is 0 Å². The van der Waals surface area contributed by atoms with Gasteiger partial charge in [-0.3, -0.25) is 0 Å². The fourth-order valence-corrected chi connectivity index (χ4v) is 4.27. The highest BCUT2D eigenvalue weighted by Crippen LogP contribution is 2.40. The molecule has 2 heteroatoms. The molecule has 3 rings (SSSR count). The fourth-order valence-electron chi connectivity index (χ4n) is 4.27. The van der Waals surface area contributed by atoms with Gasteiger partial charge in [0, 0.05) is 6.04 Å². The molecule has 0 aromatic heterocycles. The molecule has 0 radical (unpaired) electrons. The minimum atomic E-state index is 0.766. The smallest absolute Gasteiger partial charge is 0.118 e. The van der Waals surface area contributed by atoms with Gasteiger partial charge in [-0.15, -0.1) is 0 Å². The molecule has 2 aliphatic carbocycles. The van der Waals surface area contributed by atoms with E-state index in [9.17, 15) is 0 Å². The zero-order chi connectivity index (χ0) is 14.5. The quantitative estimate of drug-likeness (QED) is 0.877. The summed E-state index contributed by atoms with van der Waals surface area (Å²) in [6.45, 7) is 1.11. The van der Waals surface area contributed by atoms with Crippen LogP contribution in [0.1, 0.15) is 50.5 Å². The van der Waals surface area contributed by atoms with E-state index in [0.717, 1.165) is 36.6 Å². The summed E-state index contributed by atoms with van der Waals surface area (Å²) < 4.78 is 5.20. The third kappa shape index (κ3) is 4.00. The molecule has 1 aromatic rings. The Morgan fingerprint density at radius 2 is 1.76 bits per heavy atom. The first-order valence-corrected chi connectivity index (χ1v) is 8.71. The molecule has 0 spiro atoms. The zero-order valence-corrected chi connectivity index (χ0v) is 13.3. The molecule has 3 unspecified atom stereocenters. The Hall–Kier alpha value is -1.02. The van der Waals surface area contributed by atoms with Crippen molar-refractivity contribution in [1.82, 2.24) is 5.32 Å². The van der Waals surface area contributed by atoms with Crippen LogP contribution in [0.25, 0.3) is 0 Å². The van der Waals surface area contributed by atoms with E-state index in [1.165, 1.54) is 50.5 Å². The number of hydrogen-bond acceptors (Lipinski definition) is 2. The van der Waals surface area contributed by atoms with Crippen LogP contribution < -0.4 is 10.1 Å². The molecule has 0 heterocycles. The third-order valence-electron chi connectivity index (χ3n) is 5.55. The molecular formula is C19H29NO. The molecule has 1 aromatic carbocycles. The minimum Gasteiger partial charge on any atom is -0.497 e. The van der Waals surface area contributed by atoms with Crippen LogP contribution in [-0.2, 0) is 6.42 Å². The lowest BCUT2D eigenvalue weighted by Gasteiger charge is -2.39. The molecule has 0 amide bonds. The molecule has 0 saturated heterocycles. The Morgan fingerprint density at radius 3 is 2.52 bits per heavy atom. The number of methoxy groups -OCH3 is 1. The number of rotatable bonds is 5. The topological polar surface area (TPSA) is 21.3 Å².